The molecule has 26 heavy (non-hydrogen) atoms. The molecule has 5 heteroatoms. The van der Waals surface area contributed by atoms with Crippen LogP contribution < -0.4 is 5.32 Å². The summed E-state index contributed by atoms with van der Waals surface area (Å²) in [7, 11) is 0. The molecule has 0 radical (unpaired) electrons. The zero-order valence-corrected chi connectivity index (χ0v) is 15.8. The molecule has 1 aliphatic carbocycles. The van der Waals surface area contributed by atoms with Gasteiger partial charge in [0.05, 0.1) is 24.3 Å². The highest BCUT2D eigenvalue weighted by Crippen LogP contribution is 2.35. The van der Waals surface area contributed by atoms with E-state index in [0.717, 1.165) is 51.9 Å². The Labute approximate surface area is 156 Å². The number of carbonyl (C=O) groups excluding carboxylic acids is 1. The zero-order chi connectivity index (χ0) is 18.6. The number of hydrogen-bond acceptors (Lipinski definition) is 4. The summed E-state index contributed by atoms with van der Waals surface area (Å²) in [6.45, 7) is 8.15. The van der Waals surface area contributed by atoms with Gasteiger partial charge in [-0.25, -0.2) is 0 Å². The smallest absolute Gasteiger partial charge is 0.251 e. The van der Waals surface area contributed by atoms with E-state index in [1.807, 2.05) is 0 Å². The Balaban J connectivity index is 1.71. The Morgan fingerprint density at radius 1 is 1.38 bits per heavy atom. The number of nitrogens with one attached hydrogen (secondary N) is 1. The van der Waals surface area contributed by atoms with E-state index in [2.05, 4.69) is 30.1 Å². The monoisotopic (exact) mass is 355 g/mol. The molecule has 1 aliphatic heterocycles. The van der Waals surface area contributed by atoms with Gasteiger partial charge >= 0.3 is 0 Å². The lowest BCUT2D eigenvalue weighted by Crippen LogP contribution is -2.64. The Kier molecular flexibility index (Phi) is 5.95. The molecule has 2 fully saturated rings. The first-order valence-electron chi connectivity index (χ1n) is 9.70. The molecular formula is C21H29N3O2. The number of rotatable bonds is 4. The molecule has 1 saturated heterocycles. The van der Waals surface area contributed by atoms with E-state index in [1.54, 1.807) is 24.3 Å². The summed E-state index contributed by atoms with van der Waals surface area (Å²) in [6.07, 6.45) is 4.23. The lowest BCUT2D eigenvalue weighted by atomic mass is 9.78. The molecule has 0 bridgehead atoms. The molecule has 1 amide bonds. The van der Waals surface area contributed by atoms with Crippen molar-refractivity contribution in [1.29, 1.82) is 5.26 Å². The van der Waals surface area contributed by atoms with Gasteiger partial charge in [0.1, 0.15) is 5.60 Å². The van der Waals surface area contributed by atoms with Crippen molar-refractivity contribution >= 4 is 5.91 Å². The molecule has 5 nitrogen and oxygen atoms in total. The number of morpholine rings is 1. The van der Waals surface area contributed by atoms with Gasteiger partial charge in [0.25, 0.3) is 5.91 Å². The van der Waals surface area contributed by atoms with Gasteiger partial charge in [0, 0.05) is 25.2 Å². The number of carbonyl (C=O) groups is 1. The minimum Gasteiger partial charge on any atom is -0.370 e. The SMILES string of the molecule is CC(C)CN1CCO[C@]2(CCCC[C@@H]2NC(=O)c2ccc(C#N)cc2)C1. The molecule has 0 unspecified atom stereocenters. The highest BCUT2D eigenvalue weighted by molar-refractivity contribution is 5.94. The van der Waals surface area contributed by atoms with Gasteiger partial charge < -0.3 is 10.1 Å². The molecule has 140 valence electrons. The van der Waals surface area contributed by atoms with Crippen LogP contribution in [0.5, 0.6) is 0 Å². The number of hydrogen-bond donors (Lipinski definition) is 1. The number of nitriles is 1. The summed E-state index contributed by atoms with van der Waals surface area (Å²) < 4.78 is 6.30. The Morgan fingerprint density at radius 3 is 2.85 bits per heavy atom. The van der Waals surface area contributed by atoms with Gasteiger partial charge in [-0.3, -0.25) is 9.69 Å². The van der Waals surface area contributed by atoms with Crippen LogP contribution in [-0.4, -0.2) is 48.7 Å². The predicted octanol–water partition coefficient (Wildman–Crippen LogP) is 2.96. The molecule has 1 aromatic carbocycles. The van der Waals surface area contributed by atoms with E-state index in [-0.39, 0.29) is 17.6 Å². The minimum absolute atomic E-state index is 0.0364. The minimum atomic E-state index is -0.270. The lowest BCUT2D eigenvalue weighted by molar-refractivity contribution is -0.142. The third-order valence-corrected chi connectivity index (χ3v) is 5.47. The van der Waals surface area contributed by atoms with Gasteiger partial charge in [0.15, 0.2) is 0 Å². The van der Waals surface area contributed by atoms with E-state index in [9.17, 15) is 4.79 Å². The molecule has 1 N–H and O–H groups in total. The summed E-state index contributed by atoms with van der Waals surface area (Å²) in [5.41, 5.74) is 0.892. The number of nitrogens with zero attached hydrogens (tertiary/aromatic N) is 2. The summed E-state index contributed by atoms with van der Waals surface area (Å²) in [5.74, 6) is 0.547. The average Bonchev–Trinajstić information content (AvgIpc) is 2.63. The van der Waals surface area contributed by atoms with Crippen molar-refractivity contribution in [3.05, 3.63) is 35.4 Å². The first-order valence-corrected chi connectivity index (χ1v) is 9.70. The fourth-order valence-corrected chi connectivity index (χ4v) is 4.27. The third-order valence-electron chi connectivity index (χ3n) is 5.47. The van der Waals surface area contributed by atoms with Crippen molar-refractivity contribution in [3.63, 3.8) is 0 Å². The highest BCUT2D eigenvalue weighted by atomic mass is 16.5. The maximum absolute atomic E-state index is 12.7. The molecule has 3 rings (SSSR count). The van der Waals surface area contributed by atoms with Crippen LogP contribution in [0.3, 0.4) is 0 Å². The topological polar surface area (TPSA) is 65.4 Å². The van der Waals surface area contributed by atoms with Crippen LogP contribution in [-0.2, 0) is 4.74 Å². The lowest BCUT2D eigenvalue weighted by Gasteiger charge is -2.50. The first-order chi connectivity index (χ1) is 12.5. The third kappa shape index (κ3) is 4.25. The molecule has 1 spiro atoms. The standard InChI is InChI=1S/C21H29N3O2/c1-16(2)14-24-11-12-26-21(15-24)10-4-3-5-19(21)23-20(25)18-8-6-17(13-22)7-9-18/h6-9,16,19H,3-5,10-12,14-15H2,1-2H3,(H,23,25)/t19-,21+/m0/s1. The first kappa shape index (κ1) is 18.9. The molecule has 1 saturated carbocycles. The van der Waals surface area contributed by atoms with Crippen molar-refractivity contribution in [1.82, 2.24) is 10.2 Å². The second-order valence-electron chi connectivity index (χ2n) is 8.00. The fraction of sp³-hybridized carbons (Fsp3) is 0.619. The van der Waals surface area contributed by atoms with E-state index in [1.165, 1.54) is 0 Å². The molecule has 1 heterocycles. The average molecular weight is 355 g/mol. The molecule has 1 aromatic rings. The number of benzene rings is 1. The maximum Gasteiger partial charge on any atom is 0.251 e. The van der Waals surface area contributed by atoms with Crippen LogP contribution in [0.25, 0.3) is 0 Å². The van der Waals surface area contributed by atoms with Gasteiger partial charge in [-0.05, 0) is 43.0 Å². The normalized spacial score (nSPS) is 26.6. The van der Waals surface area contributed by atoms with Gasteiger partial charge in [0.2, 0.25) is 0 Å². The summed E-state index contributed by atoms with van der Waals surface area (Å²) in [6, 6.07) is 8.93. The molecular weight excluding hydrogens is 326 g/mol. The van der Waals surface area contributed by atoms with Gasteiger partial charge in [-0.1, -0.05) is 26.7 Å². The Hall–Kier alpha value is -1.90. The van der Waals surface area contributed by atoms with E-state index in [0.29, 0.717) is 17.0 Å². The Bertz CT molecular complexity index is 661. The van der Waals surface area contributed by atoms with Gasteiger partial charge in [-0.15, -0.1) is 0 Å². The molecule has 2 aliphatic rings. The fourth-order valence-electron chi connectivity index (χ4n) is 4.27. The number of ether oxygens (including phenoxy) is 1. The molecule has 2 atom stereocenters. The second-order valence-corrected chi connectivity index (χ2v) is 8.00. The summed E-state index contributed by atoms with van der Waals surface area (Å²) in [5, 5.41) is 12.1. The van der Waals surface area contributed by atoms with Crippen molar-refractivity contribution in [2.75, 3.05) is 26.2 Å². The summed E-state index contributed by atoms with van der Waals surface area (Å²) in [4.78, 5) is 15.2. The van der Waals surface area contributed by atoms with Crippen molar-refractivity contribution in [2.24, 2.45) is 5.92 Å². The maximum atomic E-state index is 12.7. The van der Waals surface area contributed by atoms with E-state index >= 15 is 0 Å². The van der Waals surface area contributed by atoms with Crippen molar-refractivity contribution < 1.29 is 9.53 Å². The highest BCUT2D eigenvalue weighted by Gasteiger charge is 2.45. The van der Waals surface area contributed by atoms with Gasteiger partial charge in [-0.2, -0.15) is 5.26 Å². The zero-order valence-electron chi connectivity index (χ0n) is 15.8. The largest absolute Gasteiger partial charge is 0.370 e. The van der Waals surface area contributed by atoms with Crippen LogP contribution in [0.15, 0.2) is 24.3 Å². The van der Waals surface area contributed by atoms with E-state index < -0.39 is 0 Å². The second kappa shape index (κ2) is 8.20. The van der Waals surface area contributed by atoms with Crippen LogP contribution in [0.4, 0.5) is 0 Å². The van der Waals surface area contributed by atoms with Crippen LogP contribution in [0.2, 0.25) is 0 Å². The van der Waals surface area contributed by atoms with Crippen LogP contribution >= 0.6 is 0 Å². The predicted molar refractivity (Wildman–Crippen MR) is 101 cm³/mol. The summed E-state index contributed by atoms with van der Waals surface area (Å²) >= 11 is 0. The Morgan fingerprint density at radius 2 is 2.15 bits per heavy atom. The van der Waals surface area contributed by atoms with Crippen LogP contribution in [0, 0.1) is 17.2 Å². The van der Waals surface area contributed by atoms with Crippen molar-refractivity contribution in [3.8, 4) is 6.07 Å². The van der Waals surface area contributed by atoms with E-state index in [4.69, 9.17) is 10.00 Å². The quantitative estimate of drug-likeness (QED) is 0.902. The van der Waals surface area contributed by atoms with Crippen molar-refractivity contribution in [2.45, 2.75) is 51.2 Å². The number of amides is 1. The molecule has 0 aromatic heterocycles. The van der Waals surface area contributed by atoms with Crippen LogP contribution in [0.1, 0.15) is 55.5 Å².